The van der Waals surface area contributed by atoms with E-state index in [0.717, 1.165) is 24.8 Å². The van der Waals surface area contributed by atoms with Crippen molar-refractivity contribution in [2.75, 3.05) is 11.9 Å². The number of benzene rings is 1. The van der Waals surface area contributed by atoms with Gasteiger partial charge in [-0.05, 0) is 43.4 Å². The fourth-order valence-corrected chi connectivity index (χ4v) is 3.42. The first-order valence-corrected chi connectivity index (χ1v) is 8.49. The van der Waals surface area contributed by atoms with Gasteiger partial charge in [-0.1, -0.05) is 12.1 Å². The standard InChI is InChI=1S/C19H18N2O4/c22-16-8-2-6-14-12(16)10-13(18(23)20-14)19(24)21-15-7-1-4-11-5-3-9-25-17(11)15/h1,4,7,10H,2-3,5-6,8-9H2,(H,20,23)(H,21,24). The van der Waals surface area contributed by atoms with E-state index in [1.165, 1.54) is 6.07 Å². The van der Waals surface area contributed by atoms with Crippen molar-refractivity contribution in [1.29, 1.82) is 0 Å². The first-order valence-electron chi connectivity index (χ1n) is 8.49. The Kier molecular flexibility index (Phi) is 3.87. The Labute approximate surface area is 144 Å². The summed E-state index contributed by atoms with van der Waals surface area (Å²) in [5, 5.41) is 2.75. The molecule has 1 aromatic heterocycles. The van der Waals surface area contributed by atoms with Gasteiger partial charge in [0.05, 0.1) is 12.3 Å². The summed E-state index contributed by atoms with van der Waals surface area (Å²) in [6, 6.07) is 6.99. The van der Waals surface area contributed by atoms with E-state index in [9.17, 15) is 14.4 Å². The van der Waals surface area contributed by atoms with Crippen molar-refractivity contribution in [1.82, 2.24) is 4.98 Å². The number of rotatable bonds is 2. The van der Waals surface area contributed by atoms with E-state index >= 15 is 0 Å². The van der Waals surface area contributed by atoms with Crippen LogP contribution in [0.2, 0.25) is 0 Å². The van der Waals surface area contributed by atoms with Crippen LogP contribution in [0.15, 0.2) is 29.1 Å². The Hall–Kier alpha value is -2.89. The number of fused-ring (bicyclic) bond motifs is 2. The van der Waals surface area contributed by atoms with Gasteiger partial charge in [-0.25, -0.2) is 0 Å². The van der Waals surface area contributed by atoms with E-state index in [4.69, 9.17) is 4.74 Å². The number of ketones is 1. The van der Waals surface area contributed by atoms with E-state index in [1.54, 1.807) is 6.07 Å². The minimum absolute atomic E-state index is 0.0352. The highest BCUT2D eigenvalue weighted by Crippen LogP contribution is 2.33. The molecule has 6 heteroatoms. The third-order valence-electron chi connectivity index (χ3n) is 4.68. The number of H-pyrrole nitrogens is 1. The zero-order valence-corrected chi connectivity index (χ0v) is 13.7. The second-order valence-electron chi connectivity index (χ2n) is 6.38. The van der Waals surface area contributed by atoms with Gasteiger partial charge in [-0.3, -0.25) is 14.4 Å². The first kappa shape index (κ1) is 15.6. The van der Waals surface area contributed by atoms with Crippen LogP contribution in [0.3, 0.4) is 0 Å². The Morgan fingerprint density at radius 3 is 2.88 bits per heavy atom. The van der Waals surface area contributed by atoms with Crippen LogP contribution in [-0.2, 0) is 12.8 Å². The van der Waals surface area contributed by atoms with Gasteiger partial charge in [0.2, 0.25) is 0 Å². The number of aryl methyl sites for hydroxylation is 2. The van der Waals surface area contributed by atoms with Crippen LogP contribution >= 0.6 is 0 Å². The lowest BCUT2D eigenvalue weighted by Crippen LogP contribution is -2.27. The van der Waals surface area contributed by atoms with Gasteiger partial charge < -0.3 is 15.0 Å². The summed E-state index contributed by atoms with van der Waals surface area (Å²) in [6.45, 7) is 0.605. The number of nitrogens with one attached hydrogen (secondary N) is 2. The van der Waals surface area contributed by atoms with Crippen molar-refractivity contribution >= 4 is 17.4 Å². The molecule has 0 fully saturated rings. The summed E-state index contributed by atoms with van der Waals surface area (Å²) in [5.74, 6) is 0.0875. The molecule has 0 saturated carbocycles. The second-order valence-corrected chi connectivity index (χ2v) is 6.38. The molecule has 0 saturated heterocycles. The van der Waals surface area contributed by atoms with Crippen molar-refractivity contribution < 1.29 is 14.3 Å². The third kappa shape index (κ3) is 2.84. The highest BCUT2D eigenvalue weighted by atomic mass is 16.5. The quantitative estimate of drug-likeness (QED) is 0.880. The van der Waals surface area contributed by atoms with Crippen molar-refractivity contribution in [2.45, 2.75) is 32.1 Å². The van der Waals surface area contributed by atoms with Crippen molar-refractivity contribution in [3.8, 4) is 5.75 Å². The maximum absolute atomic E-state index is 12.6. The Bertz CT molecular complexity index is 930. The predicted octanol–water partition coefficient (Wildman–Crippen LogP) is 2.47. The van der Waals surface area contributed by atoms with Gasteiger partial charge in [0.15, 0.2) is 5.78 Å². The number of hydrogen-bond donors (Lipinski definition) is 2. The summed E-state index contributed by atoms with van der Waals surface area (Å²) < 4.78 is 5.67. The molecule has 6 nitrogen and oxygen atoms in total. The largest absolute Gasteiger partial charge is 0.491 e. The zero-order valence-electron chi connectivity index (χ0n) is 13.7. The van der Waals surface area contributed by atoms with Crippen LogP contribution in [0.4, 0.5) is 5.69 Å². The van der Waals surface area contributed by atoms with E-state index in [-0.39, 0.29) is 11.3 Å². The average Bonchev–Trinajstić information content (AvgIpc) is 2.62. The molecule has 1 amide bonds. The highest BCUT2D eigenvalue weighted by Gasteiger charge is 2.23. The monoisotopic (exact) mass is 338 g/mol. The number of aromatic nitrogens is 1. The van der Waals surface area contributed by atoms with Gasteiger partial charge in [-0.2, -0.15) is 0 Å². The molecule has 2 aliphatic rings. The summed E-state index contributed by atoms with van der Waals surface area (Å²) in [5.41, 5.74) is 2.13. The first-order chi connectivity index (χ1) is 12.1. The number of carbonyl (C=O) groups excluding carboxylic acids is 2. The van der Waals surface area contributed by atoms with Gasteiger partial charge in [0, 0.05) is 17.7 Å². The predicted molar refractivity (Wildman–Crippen MR) is 92.5 cm³/mol. The lowest BCUT2D eigenvalue weighted by atomic mass is 9.93. The molecule has 0 atom stereocenters. The molecule has 2 heterocycles. The average molecular weight is 338 g/mol. The minimum Gasteiger partial charge on any atom is -0.491 e. The summed E-state index contributed by atoms with van der Waals surface area (Å²) in [7, 11) is 0. The summed E-state index contributed by atoms with van der Waals surface area (Å²) >= 11 is 0. The zero-order chi connectivity index (χ0) is 17.4. The molecule has 0 radical (unpaired) electrons. The maximum Gasteiger partial charge on any atom is 0.261 e. The molecule has 0 bridgehead atoms. The van der Waals surface area contributed by atoms with Crippen LogP contribution in [0.1, 0.15) is 51.2 Å². The fourth-order valence-electron chi connectivity index (χ4n) is 3.42. The van der Waals surface area contributed by atoms with Crippen LogP contribution in [0, 0.1) is 0 Å². The van der Waals surface area contributed by atoms with Crippen LogP contribution in [0.25, 0.3) is 0 Å². The number of pyridine rings is 1. The smallest absolute Gasteiger partial charge is 0.261 e. The summed E-state index contributed by atoms with van der Waals surface area (Å²) in [4.78, 5) is 39.6. The summed E-state index contributed by atoms with van der Waals surface area (Å²) in [6.07, 6.45) is 3.66. The molecule has 2 N–H and O–H groups in total. The van der Waals surface area contributed by atoms with Crippen LogP contribution < -0.4 is 15.6 Å². The fraction of sp³-hybridized carbons (Fsp3) is 0.316. The lowest BCUT2D eigenvalue weighted by Gasteiger charge is -2.20. The van der Waals surface area contributed by atoms with E-state index in [1.807, 2.05) is 12.1 Å². The number of Topliss-reactive ketones (excluding diaryl/α,β-unsaturated/α-hetero) is 1. The molecular formula is C19H18N2O4. The van der Waals surface area contributed by atoms with E-state index < -0.39 is 11.5 Å². The molecular weight excluding hydrogens is 320 g/mol. The molecule has 0 unspecified atom stereocenters. The number of anilines is 1. The van der Waals surface area contributed by atoms with Crippen LogP contribution in [0.5, 0.6) is 5.75 Å². The Balaban J connectivity index is 1.67. The van der Waals surface area contributed by atoms with Gasteiger partial charge >= 0.3 is 0 Å². The lowest BCUT2D eigenvalue weighted by molar-refractivity contribution is 0.0971. The number of ether oxygens (including phenoxy) is 1. The molecule has 1 aromatic carbocycles. The molecule has 2 aromatic rings. The number of para-hydroxylation sites is 1. The van der Waals surface area contributed by atoms with Crippen LogP contribution in [-0.4, -0.2) is 23.3 Å². The highest BCUT2D eigenvalue weighted by molar-refractivity contribution is 6.07. The van der Waals surface area contributed by atoms with Gasteiger partial charge in [-0.15, -0.1) is 0 Å². The van der Waals surface area contributed by atoms with Crippen molar-refractivity contribution in [3.05, 3.63) is 57.0 Å². The number of hydrogen-bond acceptors (Lipinski definition) is 4. The van der Waals surface area contributed by atoms with E-state index in [2.05, 4.69) is 10.3 Å². The SMILES string of the molecule is O=C1CCCc2[nH]c(=O)c(C(=O)Nc3cccc4c3OCCC4)cc21. The molecule has 1 aliphatic heterocycles. The second kappa shape index (κ2) is 6.20. The molecule has 0 spiro atoms. The van der Waals surface area contributed by atoms with Crippen molar-refractivity contribution in [2.24, 2.45) is 0 Å². The number of aromatic amines is 1. The molecule has 1 aliphatic carbocycles. The molecule has 128 valence electrons. The number of amides is 1. The Morgan fingerprint density at radius 1 is 1.12 bits per heavy atom. The molecule has 4 rings (SSSR count). The topological polar surface area (TPSA) is 88.3 Å². The maximum atomic E-state index is 12.6. The molecule has 25 heavy (non-hydrogen) atoms. The van der Waals surface area contributed by atoms with E-state index in [0.29, 0.717) is 42.1 Å². The van der Waals surface area contributed by atoms with Gasteiger partial charge in [0.1, 0.15) is 11.3 Å². The minimum atomic E-state index is -0.537. The normalized spacial score (nSPS) is 15.8. The van der Waals surface area contributed by atoms with Crippen molar-refractivity contribution in [3.63, 3.8) is 0 Å². The Morgan fingerprint density at radius 2 is 2.00 bits per heavy atom. The number of carbonyl (C=O) groups is 2. The third-order valence-corrected chi connectivity index (χ3v) is 4.68. The van der Waals surface area contributed by atoms with Gasteiger partial charge in [0.25, 0.3) is 11.5 Å².